The Labute approximate surface area is 429 Å². The predicted octanol–water partition coefficient (Wildman–Crippen LogP) is 6.90. The first-order valence-corrected chi connectivity index (χ1v) is 25.5. The van der Waals surface area contributed by atoms with Crippen LogP contribution < -0.4 is 21.3 Å². The number of aryl methyl sites for hydroxylation is 2. The molecular weight excluding hydrogens is 943 g/mol. The quantitative estimate of drug-likeness (QED) is 0.0631. The van der Waals surface area contributed by atoms with Gasteiger partial charge in [0.15, 0.2) is 0 Å². The lowest BCUT2D eigenvalue weighted by Crippen LogP contribution is -2.57. The third kappa shape index (κ3) is 13.6. The van der Waals surface area contributed by atoms with Crippen molar-refractivity contribution in [1.82, 2.24) is 45.3 Å². The van der Waals surface area contributed by atoms with Gasteiger partial charge in [-0.05, 0) is 90.4 Å². The number of rotatable bonds is 17. The standard InChI is InChI=1S/C55H63N11O6S/c1-35-11-20-42(28-45(35)62-54-57-23-21-44(61-54)41-8-7-22-56-31-41)60-51(70)40-18-14-38(15-19-40)32-64-24-26-65(27-25-64)48(69)10-6-9-47(68)63-50(55(3,4)5)53(72)66-33-43(67)29-46(66)52(71)58-30-37-12-16-39(17-13-37)49-36(2)59-34-73-49/h7-8,11-23,28,31,34,43,46,50,67H,6,9-10,24-27,29-30,32-33H2,1-5H3,(H,58,71)(H,60,70)(H,63,68)(H,57,61,62). The zero-order chi connectivity index (χ0) is 51.6. The number of anilines is 3. The highest BCUT2D eigenvalue weighted by Gasteiger charge is 2.44. The molecule has 3 unspecified atom stereocenters. The van der Waals surface area contributed by atoms with Crippen LogP contribution in [0.2, 0.25) is 0 Å². The van der Waals surface area contributed by atoms with Gasteiger partial charge in [-0.2, -0.15) is 0 Å². The Morgan fingerprint density at radius 3 is 2.30 bits per heavy atom. The lowest BCUT2D eigenvalue weighted by molar-refractivity contribution is -0.144. The van der Waals surface area contributed by atoms with Gasteiger partial charge in [-0.25, -0.2) is 15.0 Å². The minimum atomic E-state index is -0.957. The summed E-state index contributed by atoms with van der Waals surface area (Å²) >= 11 is 1.57. The van der Waals surface area contributed by atoms with E-state index in [4.69, 9.17) is 0 Å². The maximum absolute atomic E-state index is 14.1. The molecule has 2 fully saturated rings. The van der Waals surface area contributed by atoms with Gasteiger partial charge < -0.3 is 36.2 Å². The van der Waals surface area contributed by atoms with Gasteiger partial charge in [-0.15, -0.1) is 11.3 Å². The molecule has 380 valence electrons. The molecule has 73 heavy (non-hydrogen) atoms. The highest BCUT2D eigenvalue weighted by molar-refractivity contribution is 7.13. The van der Waals surface area contributed by atoms with Crippen LogP contribution in [-0.2, 0) is 32.3 Å². The Morgan fingerprint density at radius 2 is 1.60 bits per heavy atom. The second kappa shape index (κ2) is 23.4. The van der Waals surface area contributed by atoms with Crippen LogP contribution in [0.5, 0.6) is 0 Å². The van der Waals surface area contributed by atoms with Crippen LogP contribution in [-0.4, -0.2) is 120 Å². The molecule has 0 bridgehead atoms. The van der Waals surface area contributed by atoms with Crippen LogP contribution in [0, 0.1) is 19.3 Å². The summed E-state index contributed by atoms with van der Waals surface area (Å²) in [5.41, 5.74) is 9.53. The fraction of sp³-hybridized carbons (Fsp3) is 0.364. The normalized spacial score (nSPS) is 16.4. The number of nitrogens with zero attached hydrogens (tertiary/aromatic N) is 7. The molecule has 8 rings (SSSR count). The van der Waals surface area contributed by atoms with Crippen molar-refractivity contribution in [2.45, 2.75) is 91.6 Å². The first-order chi connectivity index (χ1) is 35.1. The van der Waals surface area contributed by atoms with Crippen molar-refractivity contribution in [2.75, 3.05) is 43.4 Å². The van der Waals surface area contributed by atoms with E-state index in [1.54, 1.807) is 29.9 Å². The van der Waals surface area contributed by atoms with E-state index in [0.29, 0.717) is 56.3 Å². The van der Waals surface area contributed by atoms with Crippen LogP contribution >= 0.6 is 11.3 Å². The van der Waals surface area contributed by atoms with Crippen LogP contribution in [0.25, 0.3) is 21.7 Å². The Bertz CT molecular complexity index is 2900. The smallest absolute Gasteiger partial charge is 0.255 e. The number of nitrogens with one attached hydrogen (secondary N) is 4. The minimum Gasteiger partial charge on any atom is -0.391 e. The summed E-state index contributed by atoms with van der Waals surface area (Å²) in [5.74, 6) is -1.01. The van der Waals surface area contributed by atoms with E-state index >= 15 is 0 Å². The first-order valence-electron chi connectivity index (χ1n) is 24.6. The predicted molar refractivity (Wildman–Crippen MR) is 281 cm³/mol. The average molecular weight is 1010 g/mol. The third-order valence-corrected chi connectivity index (χ3v) is 14.2. The number of pyridine rings is 1. The van der Waals surface area contributed by atoms with Gasteiger partial charge in [0.1, 0.15) is 12.1 Å². The maximum atomic E-state index is 14.1. The maximum Gasteiger partial charge on any atom is 0.255 e. The number of aliphatic hydroxyl groups is 1. The molecule has 5 amide bonds. The second-order valence-corrected chi connectivity index (χ2v) is 20.6. The molecule has 5 N–H and O–H groups in total. The zero-order valence-corrected chi connectivity index (χ0v) is 42.7. The second-order valence-electron chi connectivity index (χ2n) is 19.8. The number of amides is 5. The Balaban J connectivity index is 0.752. The van der Waals surface area contributed by atoms with Gasteiger partial charge in [-0.1, -0.05) is 63.2 Å². The molecule has 5 heterocycles. The number of hydrogen-bond acceptors (Lipinski definition) is 13. The van der Waals surface area contributed by atoms with E-state index in [9.17, 15) is 29.1 Å². The summed E-state index contributed by atoms with van der Waals surface area (Å²) in [6.45, 7) is 12.8. The molecule has 0 spiro atoms. The number of aromatic nitrogens is 4. The SMILES string of the molecule is Cc1ccc(NC(=O)c2ccc(CN3CCN(C(=O)CCCC(=O)NC(C(=O)N4CC(O)CC4C(=O)NCc4ccc(-c5scnc5C)cc4)C(C)(C)C)CC3)cc2)cc1Nc1nccc(-c2cccnc2)n1. The largest absolute Gasteiger partial charge is 0.391 e. The van der Waals surface area contributed by atoms with E-state index in [0.717, 1.165) is 49.8 Å². The number of β-amino-alcohol motifs (C(OH)–C–C–N with tert-alkyl or cyclic N) is 1. The van der Waals surface area contributed by atoms with Crippen LogP contribution in [0.15, 0.2) is 109 Å². The van der Waals surface area contributed by atoms with Crippen molar-refractivity contribution in [2.24, 2.45) is 5.41 Å². The number of benzene rings is 3. The van der Waals surface area contributed by atoms with Crippen molar-refractivity contribution in [3.63, 3.8) is 0 Å². The fourth-order valence-electron chi connectivity index (χ4n) is 9.00. The molecule has 3 aromatic heterocycles. The lowest BCUT2D eigenvalue weighted by atomic mass is 9.85. The van der Waals surface area contributed by atoms with E-state index in [1.807, 2.05) is 130 Å². The van der Waals surface area contributed by atoms with Gasteiger partial charge >= 0.3 is 0 Å². The van der Waals surface area contributed by atoms with Crippen molar-refractivity contribution in [1.29, 1.82) is 0 Å². The lowest BCUT2D eigenvalue weighted by Gasteiger charge is -2.35. The fourth-order valence-corrected chi connectivity index (χ4v) is 9.81. The van der Waals surface area contributed by atoms with E-state index in [2.05, 4.69) is 46.1 Å². The Kier molecular flexibility index (Phi) is 16.7. The molecule has 6 aromatic rings. The van der Waals surface area contributed by atoms with Gasteiger partial charge in [0.2, 0.25) is 29.6 Å². The molecule has 2 aliphatic heterocycles. The van der Waals surface area contributed by atoms with Crippen molar-refractivity contribution < 1.29 is 29.1 Å². The summed E-state index contributed by atoms with van der Waals surface area (Å²) in [5, 5.41) is 22.7. The molecule has 3 atom stereocenters. The van der Waals surface area contributed by atoms with Crippen LogP contribution in [0.1, 0.15) is 79.2 Å². The molecular formula is C55H63N11O6S. The third-order valence-electron chi connectivity index (χ3n) is 13.2. The van der Waals surface area contributed by atoms with E-state index < -0.39 is 29.5 Å². The number of hydrogen-bond donors (Lipinski definition) is 5. The van der Waals surface area contributed by atoms with E-state index in [-0.39, 0.29) is 56.0 Å². The molecule has 0 radical (unpaired) electrons. The zero-order valence-electron chi connectivity index (χ0n) is 41.9. The monoisotopic (exact) mass is 1010 g/mol. The number of carbonyl (C=O) groups is 5. The molecule has 17 nitrogen and oxygen atoms in total. The summed E-state index contributed by atoms with van der Waals surface area (Å²) in [7, 11) is 0. The number of piperazine rings is 1. The molecule has 2 aliphatic rings. The van der Waals surface area contributed by atoms with Crippen molar-refractivity contribution in [3.05, 3.63) is 137 Å². The Morgan fingerprint density at radius 1 is 0.849 bits per heavy atom. The number of carbonyl (C=O) groups excluding carboxylic acids is 5. The van der Waals surface area contributed by atoms with Crippen molar-refractivity contribution in [3.8, 4) is 21.7 Å². The minimum absolute atomic E-state index is 0.0206. The Hall–Kier alpha value is -7.41. The number of aliphatic hydroxyl groups excluding tert-OH is 1. The van der Waals surface area contributed by atoms with Crippen LogP contribution in [0.4, 0.5) is 17.3 Å². The van der Waals surface area contributed by atoms with Crippen molar-refractivity contribution >= 4 is 58.2 Å². The molecule has 0 aliphatic carbocycles. The first kappa shape index (κ1) is 51.9. The number of thiazole rings is 1. The summed E-state index contributed by atoms with van der Waals surface area (Å²) in [6.07, 6.45) is 4.91. The van der Waals surface area contributed by atoms with E-state index in [1.165, 1.54) is 4.90 Å². The summed E-state index contributed by atoms with van der Waals surface area (Å²) < 4.78 is 0. The highest BCUT2D eigenvalue weighted by Crippen LogP contribution is 2.30. The van der Waals surface area contributed by atoms with Gasteiger partial charge in [0, 0.05) is 106 Å². The van der Waals surface area contributed by atoms with Crippen LogP contribution in [0.3, 0.4) is 0 Å². The molecule has 0 saturated carbocycles. The van der Waals surface area contributed by atoms with Gasteiger partial charge in [0.05, 0.1) is 27.9 Å². The average Bonchev–Trinajstić information content (AvgIpc) is 4.01. The highest BCUT2D eigenvalue weighted by atomic mass is 32.1. The topological polar surface area (TPSA) is 215 Å². The molecule has 2 saturated heterocycles. The van der Waals surface area contributed by atoms with Gasteiger partial charge in [0.25, 0.3) is 5.91 Å². The molecule has 3 aromatic carbocycles. The molecule has 18 heteroatoms. The number of likely N-dealkylation sites (tertiary alicyclic amines) is 1. The summed E-state index contributed by atoms with van der Waals surface area (Å²) in [6, 6.07) is 24.8. The summed E-state index contributed by atoms with van der Waals surface area (Å²) in [4.78, 5) is 91.6. The van der Waals surface area contributed by atoms with Gasteiger partial charge in [-0.3, -0.25) is 33.9 Å².